The van der Waals surface area contributed by atoms with Gasteiger partial charge in [-0.1, -0.05) is 111 Å². The third-order valence-corrected chi connectivity index (χ3v) is 10.5. The molecular weight excluding hydrogens is 500 g/mol. The first-order valence-corrected chi connectivity index (χ1v) is 14.8. The summed E-state index contributed by atoms with van der Waals surface area (Å²) in [5.41, 5.74) is 8.13. The van der Waals surface area contributed by atoms with Crippen molar-refractivity contribution in [2.24, 2.45) is 0 Å². The SMILES string of the molecule is CC1(C)c2cc(-c3cccc4c3sc3ccccc34)ccc2-c2cc3c4ccccc4c4ccccc4c3cc21. The lowest BCUT2D eigenvalue weighted by Crippen LogP contribution is -2.15. The molecule has 1 aliphatic carbocycles. The van der Waals surface area contributed by atoms with Crippen LogP contribution in [0.1, 0.15) is 25.0 Å². The summed E-state index contributed by atoms with van der Waals surface area (Å²) in [4.78, 5) is 0. The molecule has 0 radical (unpaired) electrons. The summed E-state index contributed by atoms with van der Waals surface area (Å²) in [6.07, 6.45) is 0. The van der Waals surface area contributed by atoms with E-state index >= 15 is 0 Å². The molecule has 0 aliphatic heterocycles. The maximum atomic E-state index is 2.49. The van der Waals surface area contributed by atoms with Gasteiger partial charge < -0.3 is 0 Å². The van der Waals surface area contributed by atoms with Gasteiger partial charge in [0.25, 0.3) is 0 Å². The van der Waals surface area contributed by atoms with Crippen LogP contribution in [0.3, 0.4) is 0 Å². The van der Waals surface area contributed by atoms with Gasteiger partial charge in [-0.25, -0.2) is 0 Å². The minimum atomic E-state index is -0.0876. The first kappa shape index (κ1) is 22.4. The van der Waals surface area contributed by atoms with Crippen LogP contribution in [-0.4, -0.2) is 0 Å². The molecule has 0 spiro atoms. The molecule has 0 amide bonds. The Labute approximate surface area is 237 Å². The lowest BCUT2D eigenvalue weighted by molar-refractivity contribution is 0.661. The van der Waals surface area contributed by atoms with E-state index < -0.39 is 0 Å². The van der Waals surface area contributed by atoms with Crippen molar-refractivity contribution in [1.82, 2.24) is 0 Å². The molecule has 8 aromatic rings. The molecule has 40 heavy (non-hydrogen) atoms. The van der Waals surface area contributed by atoms with Gasteiger partial charge in [0.2, 0.25) is 0 Å². The van der Waals surface area contributed by atoms with Crippen LogP contribution < -0.4 is 0 Å². The Hall–Kier alpha value is -4.46. The second-order valence-electron chi connectivity index (χ2n) is 11.7. The average Bonchev–Trinajstić information content (AvgIpc) is 3.49. The molecule has 1 heteroatoms. The van der Waals surface area contributed by atoms with Crippen molar-refractivity contribution in [1.29, 1.82) is 0 Å². The molecule has 0 nitrogen and oxygen atoms in total. The van der Waals surface area contributed by atoms with Crippen LogP contribution in [0.2, 0.25) is 0 Å². The summed E-state index contributed by atoms with van der Waals surface area (Å²) in [7, 11) is 0. The summed E-state index contributed by atoms with van der Waals surface area (Å²) in [6.45, 7) is 4.80. The summed E-state index contributed by atoms with van der Waals surface area (Å²) < 4.78 is 2.73. The first-order chi connectivity index (χ1) is 19.6. The molecule has 1 heterocycles. The van der Waals surface area contributed by atoms with Gasteiger partial charge in [-0.2, -0.15) is 0 Å². The van der Waals surface area contributed by atoms with Crippen LogP contribution in [0, 0.1) is 0 Å². The molecule has 1 aliphatic rings. The molecule has 0 fully saturated rings. The lowest BCUT2D eigenvalue weighted by atomic mass is 9.80. The van der Waals surface area contributed by atoms with Crippen molar-refractivity contribution >= 4 is 63.8 Å². The number of hydrogen-bond acceptors (Lipinski definition) is 1. The average molecular weight is 527 g/mol. The standard InChI is InChI=1S/C39H26S/c1-39(2)35-20-23(24-15-9-16-31-30-14-7-8-17-37(30)40-38(24)31)18-19-29(35)34-21-32-27-12-5-3-10-25(27)26-11-4-6-13-28(26)33(32)22-36(34)39/h3-22H,1-2H3. The van der Waals surface area contributed by atoms with Gasteiger partial charge in [-0.15, -0.1) is 11.3 Å². The zero-order chi connectivity index (χ0) is 26.6. The van der Waals surface area contributed by atoms with Crippen molar-refractivity contribution in [3.8, 4) is 22.3 Å². The fourth-order valence-corrected chi connectivity index (χ4v) is 8.51. The molecule has 0 bridgehead atoms. The predicted molar refractivity (Wildman–Crippen MR) is 175 cm³/mol. The van der Waals surface area contributed by atoms with E-state index in [-0.39, 0.29) is 5.41 Å². The van der Waals surface area contributed by atoms with E-state index in [0.717, 1.165) is 0 Å². The largest absolute Gasteiger partial charge is 0.135 e. The second kappa shape index (κ2) is 7.81. The highest BCUT2D eigenvalue weighted by molar-refractivity contribution is 7.26. The van der Waals surface area contributed by atoms with E-state index in [2.05, 4.69) is 135 Å². The quantitative estimate of drug-likeness (QED) is 0.187. The second-order valence-corrected chi connectivity index (χ2v) is 12.8. The molecular formula is C39H26S. The van der Waals surface area contributed by atoms with Crippen LogP contribution in [0.5, 0.6) is 0 Å². The van der Waals surface area contributed by atoms with Gasteiger partial charge in [-0.05, 0) is 90.0 Å². The summed E-state index contributed by atoms with van der Waals surface area (Å²) in [5.74, 6) is 0. The minimum Gasteiger partial charge on any atom is -0.135 e. The first-order valence-electron chi connectivity index (χ1n) is 14.0. The Bertz CT molecular complexity index is 2350. The van der Waals surface area contributed by atoms with Crippen molar-refractivity contribution in [2.75, 3.05) is 0 Å². The van der Waals surface area contributed by atoms with Crippen molar-refractivity contribution in [2.45, 2.75) is 19.3 Å². The summed E-state index contributed by atoms with van der Waals surface area (Å²) in [5, 5.41) is 10.7. The summed E-state index contributed by atoms with van der Waals surface area (Å²) >= 11 is 1.91. The third-order valence-electron chi connectivity index (χ3n) is 9.25. The Balaban J connectivity index is 1.31. The van der Waals surface area contributed by atoms with Crippen molar-refractivity contribution in [3.63, 3.8) is 0 Å². The van der Waals surface area contributed by atoms with Gasteiger partial charge in [0.1, 0.15) is 0 Å². The van der Waals surface area contributed by atoms with E-state index in [1.165, 1.54) is 85.9 Å². The zero-order valence-corrected chi connectivity index (χ0v) is 23.3. The monoisotopic (exact) mass is 526 g/mol. The van der Waals surface area contributed by atoms with E-state index in [4.69, 9.17) is 0 Å². The zero-order valence-electron chi connectivity index (χ0n) is 22.5. The van der Waals surface area contributed by atoms with Crippen LogP contribution in [0.4, 0.5) is 0 Å². The fraction of sp³-hybridized carbons (Fsp3) is 0.0769. The molecule has 0 saturated heterocycles. The van der Waals surface area contributed by atoms with Crippen LogP contribution in [0.25, 0.3) is 74.7 Å². The number of thiophene rings is 1. The number of hydrogen-bond donors (Lipinski definition) is 0. The van der Waals surface area contributed by atoms with Crippen molar-refractivity contribution in [3.05, 3.63) is 132 Å². The lowest BCUT2D eigenvalue weighted by Gasteiger charge is -2.23. The van der Waals surface area contributed by atoms with Crippen molar-refractivity contribution < 1.29 is 0 Å². The van der Waals surface area contributed by atoms with E-state index in [1.54, 1.807) is 0 Å². The Morgan fingerprint density at radius 2 is 1.00 bits per heavy atom. The summed E-state index contributed by atoms with van der Waals surface area (Å²) in [6, 6.07) is 45.5. The highest BCUT2D eigenvalue weighted by atomic mass is 32.1. The van der Waals surface area contributed by atoms with Crippen LogP contribution in [-0.2, 0) is 5.41 Å². The number of benzene rings is 7. The van der Waals surface area contributed by atoms with Gasteiger partial charge >= 0.3 is 0 Å². The molecule has 1 aromatic heterocycles. The Morgan fingerprint density at radius 1 is 0.425 bits per heavy atom. The molecule has 188 valence electrons. The smallest absolute Gasteiger partial charge is 0.0433 e. The predicted octanol–water partition coefficient (Wildman–Crippen LogP) is 11.5. The van der Waals surface area contributed by atoms with E-state index in [0.29, 0.717) is 0 Å². The maximum Gasteiger partial charge on any atom is 0.0433 e. The third kappa shape index (κ3) is 2.85. The Morgan fingerprint density at radius 3 is 1.73 bits per heavy atom. The van der Waals surface area contributed by atoms with Gasteiger partial charge in [0, 0.05) is 25.6 Å². The molecule has 7 aromatic carbocycles. The van der Waals surface area contributed by atoms with Crippen LogP contribution >= 0.6 is 11.3 Å². The highest BCUT2D eigenvalue weighted by Gasteiger charge is 2.36. The normalized spacial score (nSPS) is 13.9. The van der Waals surface area contributed by atoms with Crippen LogP contribution in [0.15, 0.2) is 121 Å². The molecule has 0 N–H and O–H groups in total. The minimum absolute atomic E-state index is 0.0876. The van der Waals surface area contributed by atoms with Gasteiger partial charge in [-0.3, -0.25) is 0 Å². The molecule has 9 rings (SSSR count). The Kier molecular flexibility index (Phi) is 4.37. The van der Waals surface area contributed by atoms with Gasteiger partial charge in [0.15, 0.2) is 0 Å². The van der Waals surface area contributed by atoms with E-state index in [1.807, 2.05) is 11.3 Å². The van der Waals surface area contributed by atoms with Gasteiger partial charge in [0.05, 0.1) is 0 Å². The molecule has 0 unspecified atom stereocenters. The topological polar surface area (TPSA) is 0 Å². The maximum absolute atomic E-state index is 2.49. The number of rotatable bonds is 1. The number of fused-ring (bicyclic) bond motifs is 12. The fourth-order valence-electron chi connectivity index (χ4n) is 7.27. The van der Waals surface area contributed by atoms with E-state index in [9.17, 15) is 0 Å². The molecule has 0 saturated carbocycles. The molecule has 0 atom stereocenters. The highest BCUT2D eigenvalue weighted by Crippen LogP contribution is 2.52.